The Morgan fingerprint density at radius 3 is 2.83 bits per heavy atom. The first-order chi connectivity index (χ1) is 14.1. The number of aromatic nitrogens is 3. The Hall–Kier alpha value is -3.74. The van der Waals surface area contributed by atoms with Gasteiger partial charge in [0.1, 0.15) is 12.2 Å². The van der Waals surface area contributed by atoms with E-state index < -0.39 is 5.76 Å². The van der Waals surface area contributed by atoms with Crippen molar-refractivity contribution < 1.29 is 9.21 Å². The zero-order chi connectivity index (χ0) is 20.0. The Labute approximate surface area is 166 Å². The van der Waals surface area contributed by atoms with Gasteiger partial charge in [-0.15, -0.1) is 5.10 Å². The summed E-state index contributed by atoms with van der Waals surface area (Å²) in [5.74, 6) is -0.770. The molecule has 144 valence electrons. The topological polar surface area (TPSA) is 81.2 Å². The standard InChI is InChI=1S/C22H18N4O3/c1-14-12-16-7-3-5-9-18(16)26(14)19(27)13-25-22(28)29-21(24-25)20-17-8-4-2-6-15(17)10-11-23-20/h2-11,14H,12-13H2,1H3/t14-/m1/s1. The van der Waals surface area contributed by atoms with Crippen molar-refractivity contribution in [2.24, 2.45) is 0 Å². The summed E-state index contributed by atoms with van der Waals surface area (Å²) in [6.07, 6.45) is 2.44. The first-order valence-electron chi connectivity index (χ1n) is 9.44. The molecule has 7 nitrogen and oxygen atoms in total. The van der Waals surface area contributed by atoms with E-state index in [2.05, 4.69) is 10.1 Å². The van der Waals surface area contributed by atoms with E-state index in [9.17, 15) is 9.59 Å². The molecule has 1 aliphatic heterocycles. The van der Waals surface area contributed by atoms with Crippen LogP contribution in [-0.2, 0) is 17.8 Å². The minimum atomic E-state index is -0.678. The molecule has 3 heterocycles. The highest BCUT2D eigenvalue weighted by molar-refractivity contribution is 5.96. The lowest BCUT2D eigenvalue weighted by atomic mass is 10.1. The number of hydrogen-bond donors (Lipinski definition) is 0. The zero-order valence-electron chi connectivity index (χ0n) is 15.8. The highest BCUT2D eigenvalue weighted by atomic mass is 16.4. The van der Waals surface area contributed by atoms with Crippen molar-refractivity contribution >= 4 is 22.4 Å². The maximum Gasteiger partial charge on any atom is 0.437 e. The van der Waals surface area contributed by atoms with Crippen molar-refractivity contribution in [2.75, 3.05) is 4.90 Å². The molecule has 1 atom stereocenters. The number of benzene rings is 2. The van der Waals surface area contributed by atoms with Crippen LogP contribution in [0.5, 0.6) is 0 Å². The molecule has 2 aromatic carbocycles. The van der Waals surface area contributed by atoms with Gasteiger partial charge in [0.15, 0.2) is 0 Å². The summed E-state index contributed by atoms with van der Waals surface area (Å²) in [7, 11) is 0. The van der Waals surface area contributed by atoms with Crippen molar-refractivity contribution in [2.45, 2.75) is 25.9 Å². The molecule has 0 radical (unpaired) electrons. The Balaban J connectivity index is 1.47. The summed E-state index contributed by atoms with van der Waals surface area (Å²) in [4.78, 5) is 31.4. The lowest BCUT2D eigenvalue weighted by Gasteiger charge is -2.22. The minimum absolute atomic E-state index is 0.0294. The Kier molecular flexibility index (Phi) is 4.01. The van der Waals surface area contributed by atoms with E-state index in [-0.39, 0.29) is 24.4 Å². The number of hydrogen-bond acceptors (Lipinski definition) is 5. The van der Waals surface area contributed by atoms with Crippen LogP contribution in [0.15, 0.2) is 70.0 Å². The molecule has 0 saturated carbocycles. The molecule has 0 N–H and O–H groups in total. The van der Waals surface area contributed by atoms with Gasteiger partial charge in [-0.05, 0) is 36.4 Å². The average Bonchev–Trinajstić information content (AvgIpc) is 3.26. The summed E-state index contributed by atoms with van der Waals surface area (Å²) in [6.45, 7) is 1.81. The van der Waals surface area contributed by atoms with Crippen molar-refractivity contribution in [1.29, 1.82) is 0 Å². The number of para-hydroxylation sites is 1. The summed E-state index contributed by atoms with van der Waals surface area (Å²) >= 11 is 0. The molecule has 29 heavy (non-hydrogen) atoms. The van der Waals surface area contributed by atoms with Gasteiger partial charge in [-0.3, -0.25) is 9.78 Å². The molecule has 2 aromatic heterocycles. The molecule has 0 saturated heterocycles. The second-order valence-corrected chi connectivity index (χ2v) is 7.16. The van der Waals surface area contributed by atoms with E-state index in [4.69, 9.17) is 4.42 Å². The molecule has 0 aliphatic carbocycles. The van der Waals surface area contributed by atoms with Gasteiger partial charge in [0.05, 0.1) is 0 Å². The molecule has 4 aromatic rings. The van der Waals surface area contributed by atoms with E-state index in [1.807, 2.05) is 61.5 Å². The normalized spacial score (nSPS) is 15.6. The van der Waals surface area contributed by atoms with Gasteiger partial charge in [0.2, 0.25) is 5.91 Å². The summed E-state index contributed by atoms with van der Waals surface area (Å²) in [5.41, 5.74) is 2.49. The van der Waals surface area contributed by atoms with Crippen LogP contribution >= 0.6 is 0 Å². The van der Waals surface area contributed by atoms with Crippen LogP contribution in [0.1, 0.15) is 12.5 Å². The molecule has 5 rings (SSSR count). The number of pyridine rings is 1. The van der Waals surface area contributed by atoms with Gasteiger partial charge >= 0.3 is 5.76 Å². The molecule has 7 heteroatoms. The maximum atomic E-state index is 13.0. The van der Waals surface area contributed by atoms with E-state index >= 15 is 0 Å². The smallest absolute Gasteiger partial charge is 0.386 e. The van der Waals surface area contributed by atoms with Gasteiger partial charge in [-0.25, -0.2) is 4.79 Å². The second kappa shape index (κ2) is 6.70. The SMILES string of the molecule is C[C@@H]1Cc2ccccc2N1C(=O)Cn1nc(-c2nccc3ccccc23)oc1=O. The summed E-state index contributed by atoms with van der Waals surface area (Å²) in [6, 6.07) is 17.4. The van der Waals surface area contributed by atoms with Crippen LogP contribution in [-0.4, -0.2) is 26.7 Å². The largest absolute Gasteiger partial charge is 0.437 e. The summed E-state index contributed by atoms with van der Waals surface area (Å²) < 4.78 is 6.40. The van der Waals surface area contributed by atoms with Gasteiger partial charge in [0.25, 0.3) is 5.89 Å². The first-order valence-corrected chi connectivity index (χ1v) is 9.44. The first kappa shape index (κ1) is 17.4. The highest BCUT2D eigenvalue weighted by Gasteiger charge is 2.31. The molecule has 1 aliphatic rings. The molecule has 0 bridgehead atoms. The quantitative estimate of drug-likeness (QED) is 0.541. The third-order valence-corrected chi connectivity index (χ3v) is 5.24. The van der Waals surface area contributed by atoms with Crippen LogP contribution < -0.4 is 10.7 Å². The van der Waals surface area contributed by atoms with Gasteiger partial charge < -0.3 is 9.32 Å². The Morgan fingerprint density at radius 1 is 1.14 bits per heavy atom. The maximum absolute atomic E-state index is 13.0. The molecule has 1 amide bonds. The lowest BCUT2D eigenvalue weighted by Crippen LogP contribution is -2.39. The molecule has 0 spiro atoms. The van der Waals surface area contributed by atoms with E-state index in [0.29, 0.717) is 5.69 Å². The number of carbonyl (C=O) groups is 1. The summed E-state index contributed by atoms with van der Waals surface area (Å²) in [5, 5.41) is 6.05. The predicted octanol–water partition coefficient (Wildman–Crippen LogP) is 3.03. The third-order valence-electron chi connectivity index (χ3n) is 5.24. The monoisotopic (exact) mass is 386 g/mol. The number of fused-ring (bicyclic) bond motifs is 2. The predicted molar refractivity (Wildman–Crippen MR) is 109 cm³/mol. The van der Waals surface area contributed by atoms with E-state index in [0.717, 1.165) is 33.1 Å². The fraction of sp³-hybridized carbons (Fsp3) is 0.182. The zero-order valence-corrected chi connectivity index (χ0v) is 15.8. The molecule has 0 fully saturated rings. The van der Waals surface area contributed by atoms with Crippen molar-refractivity contribution in [1.82, 2.24) is 14.8 Å². The molecule has 0 unspecified atom stereocenters. The van der Waals surface area contributed by atoms with Gasteiger partial charge in [0, 0.05) is 23.3 Å². The molecular weight excluding hydrogens is 368 g/mol. The minimum Gasteiger partial charge on any atom is -0.386 e. The number of nitrogens with zero attached hydrogens (tertiary/aromatic N) is 4. The van der Waals surface area contributed by atoms with Crippen LogP contribution in [0.25, 0.3) is 22.4 Å². The fourth-order valence-electron chi connectivity index (χ4n) is 3.94. The van der Waals surface area contributed by atoms with Crippen LogP contribution in [0.4, 0.5) is 5.69 Å². The number of anilines is 1. The molecular formula is C22H18N4O3. The number of amides is 1. The fourth-order valence-corrected chi connectivity index (χ4v) is 3.94. The average molecular weight is 386 g/mol. The Morgan fingerprint density at radius 2 is 1.93 bits per heavy atom. The van der Waals surface area contributed by atoms with Crippen molar-refractivity contribution in [3.63, 3.8) is 0 Å². The lowest BCUT2D eigenvalue weighted by molar-refractivity contribution is -0.119. The highest BCUT2D eigenvalue weighted by Crippen LogP contribution is 2.32. The number of rotatable bonds is 3. The second-order valence-electron chi connectivity index (χ2n) is 7.16. The van der Waals surface area contributed by atoms with Gasteiger partial charge in [-0.2, -0.15) is 4.68 Å². The number of carbonyl (C=O) groups excluding carboxylic acids is 1. The van der Waals surface area contributed by atoms with E-state index in [1.54, 1.807) is 11.1 Å². The van der Waals surface area contributed by atoms with Gasteiger partial charge in [-0.1, -0.05) is 42.5 Å². The Bertz CT molecular complexity index is 1290. The van der Waals surface area contributed by atoms with Crippen LogP contribution in [0.2, 0.25) is 0 Å². The van der Waals surface area contributed by atoms with Crippen LogP contribution in [0.3, 0.4) is 0 Å². The van der Waals surface area contributed by atoms with Crippen molar-refractivity contribution in [3.05, 3.63) is 76.9 Å². The van der Waals surface area contributed by atoms with Crippen LogP contribution in [0, 0.1) is 0 Å². The van der Waals surface area contributed by atoms with E-state index in [1.165, 1.54) is 0 Å². The third kappa shape index (κ3) is 2.91. The van der Waals surface area contributed by atoms with Crippen molar-refractivity contribution in [3.8, 4) is 11.6 Å².